The Hall–Kier alpha value is 0.137. The summed E-state index contributed by atoms with van der Waals surface area (Å²) in [6, 6.07) is 0.319. The van der Waals surface area contributed by atoms with E-state index in [0.717, 1.165) is 19.4 Å². The molecule has 0 aliphatic rings. The van der Waals surface area contributed by atoms with E-state index in [4.69, 9.17) is 10.2 Å². The van der Waals surface area contributed by atoms with Crippen LogP contribution in [0.5, 0.6) is 0 Å². The summed E-state index contributed by atoms with van der Waals surface area (Å²) in [5.41, 5.74) is 5.96. The maximum atomic E-state index is 6.07. The smallest absolute Gasteiger partial charge is 0.191 e. The Labute approximate surface area is 96.7 Å². The standard InChI is InChI=1S/C12H29NOSi/c1-7-8-11(13)9-10-14-15(5,6)12(2,3)4/h11H,7-10,13H2,1-6H3/t11-/m1/s1. The summed E-state index contributed by atoms with van der Waals surface area (Å²) >= 11 is 0. The molecule has 0 bridgehead atoms. The molecular weight excluding hydrogens is 202 g/mol. The van der Waals surface area contributed by atoms with Gasteiger partial charge in [0.15, 0.2) is 8.32 Å². The van der Waals surface area contributed by atoms with E-state index < -0.39 is 8.32 Å². The van der Waals surface area contributed by atoms with Gasteiger partial charge >= 0.3 is 0 Å². The molecule has 3 heteroatoms. The van der Waals surface area contributed by atoms with Crippen molar-refractivity contribution in [1.29, 1.82) is 0 Å². The molecule has 0 amide bonds. The zero-order chi connectivity index (χ0) is 12.1. The topological polar surface area (TPSA) is 35.2 Å². The third-order valence-electron chi connectivity index (χ3n) is 3.42. The van der Waals surface area contributed by atoms with Crippen LogP contribution in [0.1, 0.15) is 47.0 Å². The van der Waals surface area contributed by atoms with E-state index >= 15 is 0 Å². The lowest BCUT2D eigenvalue weighted by Crippen LogP contribution is -2.41. The molecule has 0 radical (unpaired) electrons. The van der Waals surface area contributed by atoms with Crippen LogP contribution >= 0.6 is 0 Å². The van der Waals surface area contributed by atoms with Crippen molar-refractivity contribution in [1.82, 2.24) is 0 Å². The molecule has 92 valence electrons. The third-order valence-corrected chi connectivity index (χ3v) is 7.96. The Morgan fingerprint density at radius 2 is 1.73 bits per heavy atom. The molecule has 0 aromatic heterocycles. The zero-order valence-electron chi connectivity index (χ0n) is 11.4. The molecular formula is C12H29NOSi. The van der Waals surface area contributed by atoms with Crippen LogP contribution in [0.2, 0.25) is 18.1 Å². The highest BCUT2D eigenvalue weighted by atomic mass is 28.4. The predicted molar refractivity (Wildman–Crippen MR) is 70.6 cm³/mol. The molecule has 0 saturated carbocycles. The fourth-order valence-electron chi connectivity index (χ4n) is 1.20. The predicted octanol–water partition coefficient (Wildman–Crippen LogP) is 3.53. The number of nitrogens with two attached hydrogens (primary N) is 1. The lowest BCUT2D eigenvalue weighted by atomic mass is 10.1. The minimum absolute atomic E-state index is 0.307. The Balaban J connectivity index is 3.85. The fraction of sp³-hybridized carbons (Fsp3) is 1.00. The maximum Gasteiger partial charge on any atom is 0.191 e. The van der Waals surface area contributed by atoms with Gasteiger partial charge in [-0.1, -0.05) is 34.1 Å². The first kappa shape index (κ1) is 15.1. The summed E-state index contributed by atoms with van der Waals surface area (Å²) in [5.74, 6) is 0. The van der Waals surface area contributed by atoms with Crippen LogP contribution in [0.25, 0.3) is 0 Å². The lowest BCUT2D eigenvalue weighted by Gasteiger charge is -2.36. The molecule has 0 spiro atoms. The number of hydrogen-bond donors (Lipinski definition) is 1. The van der Waals surface area contributed by atoms with Gasteiger partial charge in [-0.25, -0.2) is 0 Å². The molecule has 0 unspecified atom stereocenters. The summed E-state index contributed by atoms with van der Waals surface area (Å²) < 4.78 is 6.07. The van der Waals surface area contributed by atoms with Gasteiger partial charge in [0.25, 0.3) is 0 Å². The van der Waals surface area contributed by atoms with Crippen molar-refractivity contribution >= 4 is 8.32 Å². The summed E-state index contributed by atoms with van der Waals surface area (Å²) in [6.07, 6.45) is 3.28. The van der Waals surface area contributed by atoms with E-state index in [1.165, 1.54) is 6.42 Å². The molecule has 0 saturated heterocycles. The van der Waals surface area contributed by atoms with Crippen molar-refractivity contribution in [3.8, 4) is 0 Å². The Kier molecular flexibility index (Phi) is 6.07. The number of rotatable bonds is 6. The van der Waals surface area contributed by atoms with Gasteiger partial charge < -0.3 is 10.2 Å². The van der Waals surface area contributed by atoms with Gasteiger partial charge in [-0.15, -0.1) is 0 Å². The largest absolute Gasteiger partial charge is 0.417 e. The number of hydrogen-bond acceptors (Lipinski definition) is 2. The summed E-state index contributed by atoms with van der Waals surface area (Å²) in [6.45, 7) is 14.4. The van der Waals surface area contributed by atoms with Crippen molar-refractivity contribution in [2.24, 2.45) is 5.73 Å². The van der Waals surface area contributed by atoms with Gasteiger partial charge in [0.1, 0.15) is 0 Å². The Morgan fingerprint density at radius 1 is 1.20 bits per heavy atom. The van der Waals surface area contributed by atoms with Crippen molar-refractivity contribution in [2.45, 2.75) is 71.1 Å². The SMILES string of the molecule is CCC[C@@H](N)CCO[Si](C)(C)C(C)(C)C. The lowest BCUT2D eigenvalue weighted by molar-refractivity contribution is 0.269. The molecule has 0 fully saturated rings. The van der Waals surface area contributed by atoms with Gasteiger partial charge in [0.2, 0.25) is 0 Å². The Bertz CT molecular complexity index is 175. The summed E-state index contributed by atoms with van der Waals surface area (Å²) in [7, 11) is -1.55. The first-order valence-corrected chi connectivity index (χ1v) is 9.01. The third kappa shape index (κ3) is 5.69. The van der Waals surface area contributed by atoms with Crippen LogP contribution in [-0.4, -0.2) is 21.0 Å². The van der Waals surface area contributed by atoms with Crippen LogP contribution in [0.3, 0.4) is 0 Å². The molecule has 0 heterocycles. The monoisotopic (exact) mass is 231 g/mol. The molecule has 0 rings (SSSR count). The fourth-order valence-corrected chi connectivity index (χ4v) is 2.26. The van der Waals surface area contributed by atoms with Crippen LogP contribution < -0.4 is 5.73 Å². The van der Waals surface area contributed by atoms with Gasteiger partial charge in [-0.05, 0) is 31.0 Å². The second-order valence-electron chi connectivity index (χ2n) is 5.95. The molecule has 15 heavy (non-hydrogen) atoms. The van der Waals surface area contributed by atoms with Crippen molar-refractivity contribution < 1.29 is 4.43 Å². The average molecular weight is 231 g/mol. The van der Waals surface area contributed by atoms with Crippen LogP contribution in [-0.2, 0) is 4.43 Å². The Morgan fingerprint density at radius 3 is 2.13 bits per heavy atom. The highest BCUT2D eigenvalue weighted by Gasteiger charge is 2.36. The molecule has 1 atom stereocenters. The average Bonchev–Trinajstić information content (AvgIpc) is 2.01. The first-order valence-electron chi connectivity index (χ1n) is 6.10. The van der Waals surface area contributed by atoms with Crippen molar-refractivity contribution in [2.75, 3.05) is 6.61 Å². The molecule has 0 aliphatic carbocycles. The second kappa shape index (κ2) is 6.02. The maximum absolute atomic E-state index is 6.07. The van der Waals surface area contributed by atoms with Crippen LogP contribution in [0.4, 0.5) is 0 Å². The van der Waals surface area contributed by atoms with Crippen LogP contribution in [0.15, 0.2) is 0 Å². The molecule has 0 aromatic rings. The van der Waals surface area contributed by atoms with Gasteiger partial charge in [-0.3, -0.25) is 0 Å². The van der Waals surface area contributed by atoms with Gasteiger partial charge in [0, 0.05) is 12.6 Å². The van der Waals surface area contributed by atoms with Gasteiger partial charge in [-0.2, -0.15) is 0 Å². The van der Waals surface area contributed by atoms with Crippen LogP contribution in [0, 0.1) is 0 Å². The normalized spacial score (nSPS) is 15.4. The molecule has 2 nitrogen and oxygen atoms in total. The van der Waals surface area contributed by atoms with E-state index in [1.807, 2.05) is 0 Å². The van der Waals surface area contributed by atoms with Crippen molar-refractivity contribution in [3.63, 3.8) is 0 Å². The van der Waals surface area contributed by atoms with E-state index in [0.29, 0.717) is 11.1 Å². The first-order chi connectivity index (χ1) is 6.70. The zero-order valence-corrected chi connectivity index (χ0v) is 12.4. The van der Waals surface area contributed by atoms with E-state index in [1.54, 1.807) is 0 Å². The highest BCUT2D eigenvalue weighted by Crippen LogP contribution is 2.36. The van der Waals surface area contributed by atoms with Gasteiger partial charge in [0.05, 0.1) is 0 Å². The minimum Gasteiger partial charge on any atom is -0.417 e. The quantitative estimate of drug-likeness (QED) is 0.710. The highest BCUT2D eigenvalue weighted by molar-refractivity contribution is 6.74. The van der Waals surface area contributed by atoms with E-state index in [-0.39, 0.29) is 0 Å². The molecule has 0 aromatic carbocycles. The minimum atomic E-state index is -1.55. The second-order valence-corrected chi connectivity index (χ2v) is 10.8. The molecule has 0 aliphatic heterocycles. The summed E-state index contributed by atoms with van der Waals surface area (Å²) in [5, 5.41) is 0.307. The van der Waals surface area contributed by atoms with E-state index in [9.17, 15) is 0 Å². The van der Waals surface area contributed by atoms with E-state index in [2.05, 4.69) is 40.8 Å². The van der Waals surface area contributed by atoms with Crippen molar-refractivity contribution in [3.05, 3.63) is 0 Å². The summed E-state index contributed by atoms with van der Waals surface area (Å²) in [4.78, 5) is 0. The molecule has 2 N–H and O–H groups in total.